The molecule has 2 aromatic rings. The minimum atomic E-state index is -0.296. The number of nitrogens with one attached hydrogen (secondary N) is 1. The van der Waals surface area contributed by atoms with E-state index < -0.39 is 0 Å². The molecule has 0 atom stereocenters. The standard InChI is InChI=1S/C17H16BrCl2NO3/c1-2-7-23-13-5-3-12(4-6-13)21-16(22)10-24-17-14(18)8-11(19)9-15(17)20/h3-6,8-9H,2,7,10H2,1H3,(H,21,22). The van der Waals surface area contributed by atoms with Gasteiger partial charge in [-0.3, -0.25) is 4.79 Å². The first-order valence-electron chi connectivity index (χ1n) is 7.29. The van der Waals surface area contributed by atoms with E-state index in [9.17, 15) is 4.79 Å². The van der Waals surface area contributed by atoms with Gasteiger partial charge in [-0.15, -0.1) is 0 Å². The molecule has 0 radical (unpaired) electrons. The molecule has 2 rings (SSSR count). The van der Waals surface area contributed by atoms with Crippen LogP contribution in [0.4, 0.5) is 5.69 Å². The van der Waals surface area contributed by atoms with Crippen LogP contribution in [0.1, 0.15) is 13.3 Å². The average Bonchev–Trinajstić information content (AvgIpc) is 2.53. The van der Waals surface area contributed by atoms with Crippen LogP contribution < -0.4 is 14.8 Å². The molecule has 0 saturated heterocycles. The third kappa shape index (κ3) is 5.58. The molecule has 24 heavy (non-hydrogen) atoms. The lowest BCUT2D eigenvalue weighted by atomic mass is 10.3. The van der Waals surface area contributed by atoms with Crippen LogP contribution in [0, 0.1) is 0 Å². The number of halogens is 3. The zero-order valence-electron chi connectivity index (χ0n) is 12.9. The smallest absolute Gasteiger partial charge is 0.262 e. The molecule has 0 aliphatic rings. The largest absolute Gasteiger partial charge is 0.494 e. The number of carbonyl (C=O) groups is 1. The van der Waals surface area contributed by atoms with E-state index in [0.29, 0.717) is 32.6 Å². The van der Waals surface area contributed by atoms with Gasteiger partial charge in [0.05, 0.1) is 16.1 Å². The Kier molecular flexibility index (Phi) is 7.21. The van der Waals surface area contributed by atoms with Crippen LogP contribution in [0.2, 0.25) is 10.0 Å². The van der Waals surface area contributed by atoms with Crippen molar-refractivity contribution in [2.75, 3.05) is 18.5 Å². The Hall–Kier alpha value is -1.43. The number of ether oxygens (including phenoxy) is 2. The Morgan fingerprint density at radius 3 is 2.50 bits per heavy atom. The van der Waals surface area contributed by atoms with Gasteiger partial charge >= 0.3 is 0 Å². The summed E-state index contributed by atoms with van der Waals surface area (Å²) in [6, 6.07) is 10.4. The molecule has 7 heteroatoms. The van der Waals surface area contributed by atoms with Gasteiger partial charge < -0.3 is 14.8 Å². The van der Waals surface area contributed by atoms with Crippen LogP contribution >= 0.6 is 39.1 Å². The highest BCUT2D eigenvalue weighted by Gasteiger charge is 2.11. The van der Waals surface area contributed by atoms with Crippen LogP contribution in [0.15, 0.2) is 40.9 Å². The van der Waals surface area contributed by atoms with Gasteiger partial charge in [-0.05, 0) is 58.7 Å². The Bertz CT molecular complexity index is 684. The van der Waals surface area contributed by atoms with Crippen molar-refractivity contribution >= 4 is 50.7 Å². The third-order valence-electron chi connectivity index (χ3n) is 2.92. The number of amides is 1. The summed E-state index contributed by atoms with van der Waals surface area (Å²) in [5.74, 6) is 0.845. The van der Waals surface area contributed by atoms with E-state index in [1.165, 1.54) is 0 Å². The van der Waals surface area contributed by atoms with Crippen molar-refractivity contribution in [1.82, 2.24) is 0 Å². The molecule has 4 nitrogen and oxygen atoms in total. The molecule has 0 aliphatic heterocycles. The summed E-state index contributed by atoms with van der Waals surface area (Å²) in [6.45, 7) is 2.53. The summed E-state index contributed by atoms with van der Waals surface area (Å²) in [6.07, 6.45) is 0.943. The van der Waals surface area contributed by atoms with Crippen molar-refractivity contribution in [3.63, 3.8) is 0 Å². The number of carbonyl (C=O) groups excluding carboxylic acids is 1. The molecule has 0 aliphatic carbocycles. The van der Waals surface area contributed by atoms with Crippen LogP contribution in [0.3, 0.4) is 0 Å². The van der Waals surface area contributed by atoms with Gasteiger partial charge in [-0.1, -0.05) is 30.1 Å². The fraction of sp³-hybridized carbons (Fsp3) is 0.235. The highest BCUT2D eigenvalue weighted by molar-refractivity contribution is 9.10. The molecule has 2 aromatic carbocycles. The van der Waals surface area contributed by atoms with Gasteiger partial charge in [0.1, 0.15) is 5.75 Å². The predicted molar refractivity (Wildman–Crippen MR) is 101 cm³/mol. The van der Waals surface area contributed by atoms with Gasteiger partial charge in [-0.2, -0.15) is 0 Å². The molecule has 0 saturated carbocycles. The summed E-state index contributed by atoms with van der Waals surface area (Å²) in [5.41, 5.74) is 0.661. The number of benzene rings is 2. The van der Waals surface area contributed by atoms with Crippen LogP contribution in [0.5, 0.6) is 11.5 Å². The number of hydrogen-bond donors (Lipinski definition) is 1. The highest BCUT2D eigenvalue weighted by Crippen LogP contribution is 2.36. The molecule has 0 bridgehead atoms. The van der Waals surface area contributed by atoms with Gasteiger partial charge in [0, 0.05) is 10.7 Å². The first-order valence-corrected chi connectivity index (χ1v) is 8.84. The van der Waals surface area contributed by atoms with E-state index in [1.807, 2.05) is 6.92 Å². The molecule has 1 amide bonds. The molecule has 0 unspecified atom stereocenters. The van der Waals surface area contributed by atoms with Crippen molar-refractivity contribution in [3.05, 3.63) is 50.9 Å². The van der Waals surface area contributed by atoms with E-state index in [4.69, 9.17) is 32.7 Å². The maximum absolute atomic E-state index is 12.0. The van der Waals surface area contributed by atoms with Crippen molar-refractivity contribution < 1.29 is 14.3 Å². The lowest BCUT2D eigenvalue weighted by Gasteiger charge is -2.11. The zero-order chi connectivity index (χ0) is 17.5. The number of anilines is 1. The van der Waals surface area contributed by atoms with Gasteiger partial charge in [-0.25, -0.2) is 0 Å². The lowest BCUT2D eigenvalue weighted by molar-refractivity contribution is -0.118. The Balaban J connectivity index is 1.89. The van der Waals surface area contributed by atoms with E-state index in [1.54, 1.807) is 36.4 Å². The topological polar surface area (TPSA) is 47.6 Å². The molecule has 0 spiro atoms. The minimum absolute atomic E-state index is 0.173. The molecular formula is C17H16BrCl2NO3. The van der Waals surface area contributed by atoms with Crippen molar-refractivity contribution in [1.29, 1.82) is 0 Å². The number of rotatable bonds is 7. The molecular weight excluding hydrogens is 417 g/mol. The van der Waals surface area contributed by atoms with Crippen LogP contribution in [0.25, 0.3) is 0 Å². The quantitative estimate of drug-likeness (QED) is 0.622. The second-order valence-corrected chi connectivity index (χ2v) is 6.61. The van der Waals surface area contributed by atoms with E-state index in [-0.39, 0.29) is 12.5 Å². The molecule has 128 valence electrons. The summed E-state index contributed by atoms with van der Waals surface area (Å²) in [4.78, 5) is 12.0. The molecule has 1 N–H and O–H groups in total. The van der Waals surface area contributed by atoms with E-state index in [2.05, 4.69) is 21.2 Å². The van der Waals surface area contributed by atoms with Gasteiger partial charge in [0.15, 0.2) is 12.4 Å². The van der Waals surface area contributed by atoms with Crippen molar-refractivity contribution in [3.8, 4) is 11.5 Å². The summed E-state index contributed by atoms with van der Waals surface area (Å²) in [7, 11) is 0. The van der Waals surface area contributed by atoms with Crippen LogP contribution in [-0.2, 0) is 4.79 Å². The summed E-state index contributed by atoms with van der Waals surface area (Å²) in [5, 5.41) is 3.56. The van der Waals surface area contributed by atoms with Crippen molar-refractivity contribution in [2.45, 2.75) is 13.3 Å². The van der Waals surface area contributed by atoms with Gasteiger partial charge in [0.2, 0.25) is 0 Å². The maximum Gasteiger partial charge on any atom is 0.262 e. The predicted octanol–water partition coefficient (Wildman–Crippen LogP) is 5.56. The van der Waals surface area contributed by atoms with Crippen molar-refractivity contribution in [2.24, 2.45) is 0 Å². The normalized spacial score (nSPS) is 10.3. The van der Waals surface area contributed by atoms with Gasteiger partial charge in [0.25, 0.3) is 5.91 Å². The third-order valence-corrected chi connectivity index (χ3v) is 4.01. The fourth-order valence-corrected chi connectivity index (χ4v) is 3.22. The SMILES string of the molecule is CCCOc1ccc(NC(=O)COc2c(Cl)cc(Cl)cc2Br)cc1. The monoisotopic (exact) mass is 431 g/mol. The molecule has 0 fully saturated rings. The number of hydrogen-bond acceptors (Lipinski definition) is 3. The second-order valence-electron chi connectivity index (χ2n) is 4.91. The lowest BCUT2D eigenvalue weighted by Crippen LogP contribution is -2.20. The van der Waals surface area contributed by atoms with E-state index in [0.717, 1.165) is 12.2 Å². The first-order chi connectivity index (χ1) is 11.5. The van der Waals surface area contributed by atoms with E-state index >= 15 is 0 Å². The Morgan fingerprint density at radius 2 is 1.88 bits per heavy atom. The minimum Gasteiger partial charge on any atom is -0.494 e. The summed E-state index contributed by atoms with van der Waals surface area (Å²) < 4.78 is 11.5. The Morgan fingerprint density at radius 1 is 1.17 bits per heavy atom. The Labute approximate surface area is 159 Å². The molecule has 0 heterocycles. The summed E-state index contributed by atoms with van der Waals surface area (Å²) >= 11 is 15.2. The first kappa shape index (κ1) is 18.9. The molecule has 0 aromatic heterocycles. The van der Waals surface area contributed by atoms with Crippen LogP contribution in [-0.4, -0.2) is 19.1 Å². The fourth-order valence-electron chi connectivity index (χ4n) is 1.86. The maximum atomic E-state index is 12.0. The second kappa shape index (κ2) is 9.16. The highest BCUT2D eigenvalue weighted by atomic mass is 79.9. The average molecular weight is 433 g/mol. The zero-order valence-corrected chi connectivity index (χ0v) is 16.0.